The van der Waals surface area contributed by atoms with Crippen LogP contribution >= 0.6 is 11.6 Å². The predicted molar refractivity (Wildman–Crippen MR) is 133 cm³/mol. The lowest BCUT2D eigenvalue weighted by molar-refractivity contribution is -0.117. The van der Waals surface area contributed by atoms with Crippen LogP contribution in [0.5, 0.6) is 11.5 Å². The maximum atomic E-state index is 13.1. The molecule has 1 amide bonds. The summed E-state index contributed by atoms with van der Waals surface area (Å²) in [5.41, 5.74) is 3.02. The van der Waals surface area contributed by atoms with E-state index in [0.29, 0.717) is 48.3 Å². The van der Waals surface area contributed by atoms with E-state index in [9.17, 15) is 9.59 Å². The van der Waals surface area contributed by atoms with Gasteiger partial charge in [0.2, 0.25) is 5.91 Å². The summed E-state index contributed by atoms with van der Waals surface area (Å²) in [5, 5.41) is 0.582. The molecule has 2 aliphatic heterocycles. The zero-order chi connectivity index (χ0) is 23.9. The molecule has 0 spiro atoms. The number of carbonyl (C=O) groups is 2. The van der Waals surface area contributed by atoms with E-state index in [1.165, 1.54) is 0 Å². The van der Waals surface area contributed by atoms with Gasteiger partial charge in [0.1, 0.15) is 19.0 Å². The van der Waals surface area contributed by atoms with Gasteiger partial charge in [-0.1, -0.05) is 23.7 Å². The fourth-order valence-corrected chi connectivity index (χ4v) is 4.90. The third kappa shape index (κ3) is 4.02. The highest BCUT2D eigenvalue weighted by Crippen LogP contribution is 2.38. The molecule has 2 aliphatic rings. The number of hydrogen-bond acceptors (Lipinski definition) is 5. The van der Waals surface area contributed by atoms with Crippen LogP contribution in [0.4, 0.5) is 5.69 Å². The van der Waals surface area contributed by atoms with Crippen LogP contribution in [0.3, 0.4) is 0 Å². The minimum absolute atomic E-state index is 0.00862. The average Bonchev–Trinajstić information content (AvgIpc) is 3.44. The number of halogens is 1. The van der Waals surface area contributed by atoms with Gasteiger partial charge in [-0.2, -0.15) is 0 Å². The van der Waals surface area contributed by atoms with Gasteiger partial charge in [0.25, 0.3) is 0 Å². The van der Waals surface area contributed by atoms with Crippen LogP contribution in [0.15, 0.2) is 66.7 Å². The molecule has 1 unspecified atom stereocenters. The number of benzene rings is 3. The minimum Gasteiger partial charge on any atom is -0.486 e. The topological polar surface area (TPSA) is 73.7 Å². The molecule has 1 saturated heterocycles. The number of fused-ring (bicyclic) bond motifs is 2. The first-order valence-electron chi connectivity index (χ1n) is 11.5. The van der Waals surface area contributed by atoms with Crippen LogP contribution in [0.2, 0.25) is 5.02 Å². The lowest BCUT2D eigenvalue weighted by atomic mass is 10.1. The van der Waals surface area contributed by atoms with Crippen molar-refractivity contribution in [1.82, 2.24) is 9.55 Å². The van der Waals surface area contributed by atoms with Gasteiger partial charge in [0.05, 0.1) is 17.6 Å². The van der Waals surface area contributed by atoms with E-state index in [1.807, 2.05) is 47.0 Å². The number of para-hydroxylation sites is 2. The van der Waals surface area contributed by atoms with Gasteiger partial charge in [-0.25, -0.2) is 4.98 Å². The molecule has 1 fully saturated rings. The second kappa shape index (κ2) is 8.74. The first-order chi connectivity index (χ1) is 17.1. The number of carbonyl (C=O) groups excluding carboxylic acids is 2. The number of aromatic nitrogens is 2. The number of amides is 1. The van der Waals surface area contributed by atoms with Crippen LogP contribution in [0.25, 0.3) is 11.0 Å². The van der Waals surface area contributed by atoms with E-state index in [1.54, 1.807) is 29.2 Å². The number of nitrogens with zero attached hydrogens (tertiary/aromatic N) is 3. The Bertz CT molecular complexity index is 1450. The van der Waals surface area contributed by atoms with Gasteiger partial charge in [0, 0.05) is 41.2 Å². The molecule has 0 aliphatic carbocycles. The Morgan fingerprint density at radius 3 is 2.60 bits per heavy atom. The molecular formula is C27H22ClN3O4. The van der Waals surface area contributed by atoms with Crippen molar-refractivity contribution < 1.29 is 19.1 Å². The summed E-state index contributed by atoms with van der Waals surface area (Å²) in [4.78, 5) is 32.8. The van der Waals surface area contributed by atoms with Crippen LogP contribution in [0, 0.1) is 0 Å². The van der Waals surface area contributed by atoms with E-state index >= 15 is 0 Å². The summed E-state index contributed by atoms with van der Waals surface area (Å²) < 4.78 is 13.2. The third-order valence-electron chi connectivity index (χ3n) is 6.48. The van der Waals surface area contributed by atoms with Crippen LogP contribution in [-0.2, 0) is 11.3 Å². The fraction of sp³-hybridized carbons (Fsp3) is 0.222. The van der Waals surface area contributed by atoms with Crippen molar-refractivity contribution in [1.29, 1.82) is 0 Å². The van der Waals surface area contributed by atoms with Crippen LogP contribution in [-0.4, -0.2) is 41.0 Å². The van der Waals surface area contributed by atoms with Gasteiger partial charge in [-0.3, -0.25) is 9.59 Å². The highest BCUT2D eigenvalue weighted by atomic mass is 35.5. The number of rotatable bonds is 5. The van der Waals surface area contributed by atoms with Gasteiger partial charge in [-0.05, 0) is 48.5 Å². The Morgan fingerprint density at radius 1 is 1.00 bits per heavy atom. The molecule has 0 bridgehead atoms. The molecule has 0 N–H and O–H groups in total. The normalized spacial score (nSPS) is 17.2. The van der Waals surface area contributed by atoms with Crippen molar-refractivity contribution >= 4 is 40.0 Å². The number of hydrogen-bond donors (Lipinski definition) is 0. The number of imidazole rings is 1. The first-order valence-corrected chi connectivity index (χ1v) is 11.9. The summed E-state index contributed by atoms with van der Waals surface area (Å²) in [6.45, 7) is 1.60. The minimum atomic E-state index is -0.152. The SMILES string of the molecule is O=C(Cn1c(C2CC(=O)N(c3ccc4c(c3)OCCO4)C2)nc2ccccc21)c1ccc(Cl)cc1. The van der Waals surface area contributed by atoms with Crippen molar-refractivity contribution in [3.05, 3.63) is 83.1 Å². The molecule has 7 nitrogen and oxygen atoms in total. The molecule has 1 aromatic heterocycles. The Balaban J connectivity index is 1.32. The number of ether oxygens (including phenoxy) is 2. The van der Waals surface area contributed by atoms with Gasteiger partial charge >= 0.3 is 0 Å². The molecule has 3 aromatic carbocycles. The maximum absolute atomic E-state index is 13.1. The highest BCUT2D eigenvalue weighted by molar-refractivity contribution is 6.30. The molecular weight excluding hydrogens is 466 g/mol. The lowest BCUT2D eigenvalue weighted by Gasteiger charge is -2.22. The standard InChI is InChI=1S/C27H22ClN3O4/c28-19-7-5-17(6-8-19)23(32)16-31-22-4-2-1-3-21(22)29-27(31)18-13-26(33)30(15-18)20-9-10-24-25(14-20)35-12-11-34-24/h1-10,14,18H,11-13,15-16H2. The van der Waals surface area contributed by atoms with Crippen molar-refractivity contribution in [2.45, 2.75) is 18.9 Å². The summed E-state index contributed by atoms with van der Waals surface area (Å²) in [6, 6.07) is 20.2. The van der Waals surface area contributed by atoms with Crippen molar-refractivity contribution in [3.8, 4) is 11.5 Å². The van der Waals surface area contributed by atoms with E-state index in [4.69, 9.17) is 26.1 Å². The Kier molecular flexibility index (Phi) is 5.41. The monoisotopic (exact) mass is 487 g/mol. The maximum Gasteiger partial charge on any atom is 0.227 e. The van der Waals surface area contributed by atoms with E-state index in [0.717, 1.165) is 22.5 Å². The van der Waals surface area contributed by atoms with Crippen LogP contribution in [0.1, 0.15) is 28.5 Å². The Labute approximate surface area is 206 Å². The average molecular weight is 488 g/mol. The van der Waals surface area contributed by atoms with E-state index < -0.39 is 0 Å². The quantitative estimate of drug-likeness (QED) is 0.376. The molecule has 1 atom stereocenters. The van der Waals surface area contributed by atoms with Crippen LogP contribution < -0.4 is 14.4 Å². The first kappa shape index (κ1) is 21.7. The molecule has 0 radical (unpaired) electrons. The van der Waals surface area contributed by atoms with Crippen molar-refractivity contribution in [3.63, 3.8) is 0 Å². The smallest absolute Gasteiger partial charge is 0.227 e. The van der Waals surface area contributed by atoms with Crippen molar-refractivity contribution in [2.75, 3.05) is 24.7 Å². The largest absolute Gasteiger partial charge is 0.486 e. The molecule has 6 rings (SSSR count). The fourth-order valence-electron chi connectivity index (χ4n) is 4.77. The van der Waals surface area contributed by atoms with Gasteiger partial charge in [-0.15, -0.1) is 0 Å². The van der Waals surface area contributed by atoms with E-state index in [-0.39, 0.29) is 24.2 Å². The second-order valence-corrected chi connectivity index (χ2v) is 9.14. The molecule has 4 aromatic rings. The molecule has 176 valence electrons. The van der Waals surface area contributed by atoms with E-state index in [2.05, 4.69) is 0 Å². The summed E-state index contributed by atoms with van der Waals surface area (Å²) >= 11 is 5.99. The summed E-state index contributed by atoms with van der Waals surface area (Å²) in [5.74, 6) is 1.88. The number of anilines is 1. The van der Waals surface area contributed by atoms with Gasteiger partial charge in [0.15, 0.2) is 17.3 Å². The molecule has 0 saturated carbocycles. The van der Waals surface area contributed by atoms with Crippen molar-refractivity contribution in [2.24, 2.45) is 0 Å². The van der Waals surface area contributed by atoms with Gasteiger partial charge < -0.3 is 18.9 Å². The zero-order valence-corrected chi connectivity index (χ0v) is 19.6. The highest BCUT2D eigenvalue weighted by Gasteiger charge is 2.35. The Morgan fingerprint density at radius 2 is 1.77 bits per heavy atom. The second-order valence-electron chi connectivity index (χ2n) is 8.71. The third-order valence-corrected chi connectivity index (χ3v) is 6.73. The molecule has 35 heavy (non-hydrogen) atoms. The number of Topliss-reactive ketones (excluding diaryl/α,β-unsaturated/α-hetero) is 1. The predicted octanol–water partition coefficient (Wildman–Crippen LogP) is 4.86. The lowest BCUT2D eigenvalue weighted by Crippen LogP contribution is -2.25. The number of ketones is 1. The summed E-state index contributed by atoms with van der Waals surface area (Å²) in [7, 11) is 0. The Hall–Kier alpha value is -3.84. The molecule has 8 heteroatoms. The summed E-state index contributed by atoms with van der Waals surface area (Å²) in [6.07, 6.45) is 0.312. The molecule has 3 heterocycles. The zero-order valence-electron chi connectivity index (χ0n) is 18.8.